The van der Waals surface area contributed by atoms with Gasteiger partial charge < -0.3 is 13.0 Å². The van der Waals surface area contributed by atoms with Gasteiger partial charge in [-0.15, -0.1) is 13.2 Å². The van der Waals surface area contributed by atoms with E-state index in [1.165, 1.54) is 32.1 Å². The van der Waals surface area contributed by atoms with Crippen molar-refractivity contribution in [2.24, 2.45) is 0 Å². The second-order valence-corrected chi connectivity index (χ2v) is 13.1. The first-order valence-corrected chi connectivity index (χ1v) is 14.4. The number of rotatable bonds is 16. The molecule has 0 N–H and O–H groups in total. The predicted octanol–water partition coefficient (Wildman–Crippen LogP) is 6.18. The molecule has 0 aliphatic rings. The van der Waals surface area contributed by atoms with E-state index < -0.39 is 17.1 Å². The second kappa shape index (κ2) is 13.1. The Hall–Kier alpha value is -0.206. The molecule has 0 aliphatic carbocycles. The summed E-state index contributed by atoms with van der Waals surface area (Å²) in [4.78, 5) is 0. The SMILES string of the molecule is C=C[Si](C)(OCCCCCCCC)O[Si](C)(C=C)OC(C)CCC. The number of hydrogen-bond donors (Lipinski definition) is 0. The molecule has 0 spiro atoms. The van der Waals surface area contributed by atoms with Crippen molar-refractivity contribution in [1.82, 2.24) is 0 Å². The second-order valence-electron chi connectivity index (χ2n) is 6.88. The lowest BCUT2D eigenvalue weighted by atomic mass is 10.1. The zero-order valence-electron chi connectivity index (χ0n) is 16.7. The molecule has 0 aromatic rings. The Bertz CT molecular complexity index is 352. The molecule has 0 radical (unpaired) electrons. The van der Waals surface area contributed by atoms with Crippen LogP contribution in [0.5, 0.6) is 0 Å². The Labute approximate surface area is 153 Å². The van der Waals surface area contributed by atoms with Crippen molar-refractivity contribution in [3.8, 4) is 0 Å². The normalized spacial score (nSPS) is 17.7. The summed E-state index contributed by atoms with van der Waals surface area (Å²) in [7, 11) is -4.85. The van der Waals surface area contributed by atoms with Gasteiger partial charge in [-0.05, 0) is 32.9 Å². The third-order valence-corrected chi connectivity index (χ3v) is 10.5. The minimum absolute atomic E-state index is 0.186. The summed E-state index contributed by atoms with van der Waals surface area (Å²) in [5.74, 6) is 0. The van der Waals surface area contributed by atoms with Crippen LogP contribution in [0.15, 0.2) is 24.6 Å². The summed E-state index contributed by atoms with van der Waals surface area (Å²) in [5, 5.41) is 0. The van der Waals surface area contributed by atoms with E-state index in [1.54, 1.807) is 0 Å². The zero-order valence-corrected chi connectivity index (χ0v) is 18.7. The first kappa shape index (κ1) is 23.8. The van der Waals surface area contributed by atoms with Gasteiger partial charge in [0.05, 0.1) is 0 Å². The van der Waals surface area contributed by atoms with Crippen LogP contribution in [0, 0.1) is 0 Å². The molecule has 0 amide bonds. The molecule has 0 rings (SSSR count). The van der Waals surface area contributed by atoms with Crippen LogP contribution in [0.25, 0.3) is 0 Å². The summed E-state index contributed by atoms with van der Waals surface area (Å²) in [6, 6.07) is 0. The molecule has 3 atom stereocenters. The van der Waals surface area contributed by atoms with E-state index in [0.29, 0.717) is 0 Å². The first-order chi connectivity index (χ1) is 11.3. The van der Waals surface area contributed by atoms with Gasteiger partial charge in [0, 0.05) is 12.7 Å². The Kier molecular flexibility index (Phi) is 12.9. The van der Waals surface area contributed by atoms with E-state index >= 15 is 0 Å². The van der Waals surface area contributed by atoms with E-state index in [2.05, 4.69) is 47.0 Å². The van der Waals surface area contributed by atoms with E-state index in [9.17, 15) is 0 Å². The maximum absolute atomic E-state index is 6.38. The maximum atomic E-state index is 6.38. The van der Waals surface area contributed by atoms with Gasteiger partial charge in [0.15, 0.2) is 0 Å². The van der Waals surface area contributed by atoms with Crippen molar-refractivity contribution >= 4 is 17.1 Å². The maximum Gasteiger partial charge on any atom is 0.352 e. The van der Waals surface area contributed by atoms with Crippen LogP contribution in [0.3, 0.4) is 0 Å². The van der Waals surface area contributed by atoms with Crippen molar-refractivity contribution in [2.75, 3.05) is 6.61 Å². The lowest BCUT2D eigenvalue weighted by Crippen LogP contribution is -2.51. The van der Waals surface area contributed by atoms with Crippen LogP contribution < -0.4 is 0 Å². The summed E-state index contributed by atoms with van der Waals surface area (Å²) in [6.45, 7) is 19.3. The Morgan fingerprint density at radius 3 is 2.00 bits per heavy atom. The van der Waals surface area contributed by atoms with Crippen LogP contribution in [0.2, 0.25) is 13.1 Å². The molecule has 142 valence electrons. The molecule has 0 saturated carbocycles. The fourth-order valence-corrected chi connectivity index (χ4v) is 8.66. The third kappa shape index (κ3) is 10.6. The van der Waals surface area contributed by atoms with E-state index in [0.717, 1.165) is 25.9 Å². The Balaban J connectivity index is 4.39. The van der Waals surface area contributed by atoms with Gasteiger partial charge in [0.2, 0.25) is 0 Å². The van der Waals surface area contributed by atoms with E-state index in [4.69, 9.17) is 13.0 Å². The van der Waals surface area contributed by atoms with Crippen molar-refractivity contribution in [3.63, 3.8) is 0 Å². The van der Waals surface area contributed by atoms with Crippen molar-refractivity contribution in [1.29, 1.82) is 0 Å². The quantitative estimate of drug-likeness (QED) is 0.239. The van der Waals surface area contributed by atoms with Crippen LogP contribution in [-0.2, 0) is 13.0 Å². The third-order valence-electron chi connectivity index (χ3n) is 4.16. The Morgan fingerprint density at radius 2 is 1.46 bits per heavy atom. The summed E-state index contributed by atoms with van der Waals surface area (Å²) >= 11 is 0. The average molecular weight is 373 g/mol. The fraction of sp³-hybridized carbons (Fsp3) is 0.789. The molecule has 5 heteroatoms. The molecular formula is C19H40O3Si2. The first-order valence-electron chi connectivity index (χ1n) is 9.63. The predicted molar refractivity (Wildman–Crippen MR) is 109 cm³/mol. The highest BCUT2D eigenvalue weighted by atomic mass is 28.5. The number of hydrogen-bond acceptors (Lipinski definition) is 3. The largest absolute Gasteiger partial charge is 0.409 e. The Morgan fingerprint density at radius 1 is 0.875 bits per heavy atom. The summed E-state index contributed by atoms with van der Waals surface area (Å²) in [6.07, 6.45) is 9.87. The van der Waals surface area contributed by atoms with Crippen molar-refractivity contribution < 1.29 is 13.0 Å². The van der Waals surface area contributed by atoms with Gasteiger partial charge in [0.25, 0.3) is 0 Å². The molecule has 0 bridgehead atoms. The van der Waals surface area contributed by atoms with Crippen molar-refractivity contribution in [3.05, 3.63) is 24.6 Å². The van der Waals surface area contributed by atoms with Gasteiger partial charge in [-0.2, -0.15) is 0 Å². The molecule has 0 aliphatic heterocycles. The molecule has 3 nitrogen and oxygen atoms in total. The highest BCUT2D eigenvalue weighted by molar-refractivity contribution is 6.84. The highest BCUT2D eigenvalue weighted by Gasteiger charge is 2.40. The van der Waals surface area contributed by atoms with Crippen molar-refractivity contribution in [2.45, 2.75) is 91.3 Å². The van der Waals surface area contributed by atoms with Crippen LogP contribution in [0.1, 0.15) is 72.1 Å². The van der Waals surface area contributed by atoms with Gasteiger partial charge in [-0.1, -0.05) is 63.8 Å². The fourth-order valence-electron chi connectivity index (χ4n) is 2.67. The molecule has 3 unspecified atom stereocenters. The van der Waals surface area contributed by atoms with Gasteiger partial charge in [-0.25, -0.2) is 0 Å². The zero-order chi connectivity index (χ0) is 18.5. The van der Waals surface area contributed by atoms with E-state index in [1.807, 2.05) is 11.4 Å². The number of unbranched alkanes of at least 4 members (excludes halogenated alkanes) is 5. The van der Waals surface area contributed by atoms with Gasteiger partial charge in [0.1, 0.15) is 0 Å². The monoisotopic (exact) mass is 372 g/mol. The topological polar surface area (TPSA) is 27.7 Å². The smallest absolute Gasteiger partial charge is 0.352 e. The molecule has 24 heavy (non-hydrogen) atoms. The highest BCUT2D eigenvalue weighted by Crippen LogP contribution is 2.22. The minimum Gasteiger partial charge on any atom is -0.409 e. The molecule has 0 aromatic carbocycles. The average Bonchev–Trinajstić information content (AvgIpc) is 2.54. The lowest BCUT2D eigenvalue weighted by molar-refractivity contribution is 0.149. The van der Waals surface area contributed by atoms with E-state index in [-0.39, 0.29) is 6.10 Å². The minimum atomic E-state index is -2.44. The van der Waals surface area contributed by atoms with Crippen LogP contribution in [0.4, 0.5) is 0 Å². The standard InChI is InChI=1S/C19H40O3Si2/c1-8-12-13-14-15-16-18-20-23(6,10-3)22-24(7,11-4)21-19(5)17-9-2/h10-11,19H,3-4,8-9,12-18H2,1-2,5-7H3. The molecular weight excluding hydrogens is 332 g/mol. The molecule has 0 aromatic heterocycles. The molecule has 0 heterocycles. The van der Waals surface area contributed by atoms with Crippen LogP contribution >= 0.6 is 0 Å². The summed E-state index contributed by atoms with van der Waals surface area (Å²) in [5.41, 5.74) is 3.73. The molecule has 0 fully saturated rings. The van der Waals surface area contributed by atoms with Crippen LogP contribution in [-0.4, -0.2) is 29.8 Å². The van der Waals surface area contributed by atoms with Gasteiger partial charge in [-0.3, -0.25) is 0 Å². The lowest BCUT2D eigenvalue weighted by Gasteiger charge is -2.35. The molecule has 0 saturated heterocycles. The van der Waals surface area contributed by atoms with Gasteiger partial charge >= 0.3 is 17.1 Å². The summed E-state index contributed by atoms with van der Waals surface area (Å²) < 4.78 is 18.7.